The van der Waals surface area contributed by atoms with Crippen LogP contribution in [0.5, 0.6) is 0 Å². The summed E-state index contributed by atoms with van der Waals surface area (Å²) in [4.78, 5) is 13.4. The average Bonchev–Trinajstić information content (AvgIpc) is 3.48. The van der Waals surface area contributed by atoms with Crippen molar-refractivity contribution in [2.24, 2.45) is 0 Å². The smallest absolute Gasteiger partial charge is 0.243 e. The summed E-state index contributed by atoms with van der Waals surface area (Å²) in [7, 11) is -3.44. The molecule has 1 aliphatic heterocycles. The summed E-state index contributed by atoms with van der Waals surface area (Å²) in [6.07, 6.45) is 3.65. The molecule has 0 radical (unpaired) electrons. The molecular weight excluding hydrogens is 372 g/mol. The minimum absolute atomic E-state index is 0.0180. The van der Waals surface area contributed by atoms with Crippen molar-refractivity contribution < 1.29 is 13.2 Å². The van der Waals surface area contributed by atoms with Crippen LogP contribution in [-0.4, -0.2) is 36.5 Å². The molecule has 5 nitrogen and oxygen atoms in total. The predicted octanol–water partition coefficient (Wildman–Crippen LogP) is 2.36. The molecule has 0 aromatic heterocycles. The molecule has 0 unspecified atom stereocenters. The molecule has 0 saturated heterocycles. The fraction of sp³-hybridized carbons (Fsp3) is 0.409. The lowest BCUT2D eigenvalue weighted by molar-refractivity contribution is -0.126. The molecule has 1 atom stereocenters. The molecule has 2 aliphatic carbocycles. The SMILES string of the molecule is O=C(NC1Cc2ccccc2C1)[C@@H]1c2ccccc2CCN1S(=O)(=O)C1CC1. The Morgan fingerprint density at radius 2 is 1.54 bits per heavy atom. The topological polar surface area (TPSA) is 66.5 Å². The van der Waals surface area contributed by atoms with Gasteiger partial charge in [0, 0.05) is 12.6 Å². The minimum atomic E-state index is -3.44. The van der Waals surface area contributed by atoms with Crippen molar-refractivity contribution in [2.45, 2.75) is 49.4 Å². The van der Waals surface area contributed by atoms with Gasteiger partial charge in [-0.2, -0.15) is 4.31 Å². The van der Waals surface area contributed by atoms with Gasteiger partial charge in [0.25, 0.3) is 0 Å². The van der Waals surface area contributed by atoms with Gasteiger partial charge in [-0.05, 0) is 54.4 Å². The highest BCUT2D eigenvalue weighted by atomic mass is 32.2. The van der Waals surface area contributed by atoms with Crippen LogP contribution in [-0.2, 0) is 34.1 Å². The number of rotatable bonds is 4. The lowest BCUT2D eigenvalue weighted by Crippen LogP contribution is -2.50. The number of nitrogens with one attached hydrogen (secondary N) is 1. The highest BCUT2D eigenvalue weighted by Gasteiger charge is 2.47. The summed E-state index contributed by atoms with van der Waals surface area (Å²) in [5, 5.41) is 2.84. The summed E-state index contributed by atoms with van der Waals surface area (Å²) >= 11 is 0. The van der Waals surface area contributed by atoms with E-state index in [4.69, 9.17) is 0 Å². The van der Waals surface area contributed by atoms with E-state index in [9.17, 15) is 13.2 Å². The number of sulfonamides is 1. The van der Waals surface area contributed by atoms with E-state index in [2.05, 4.69) is 17.4 Å². The van der Waals surface area contributed by atoms with Gasteiger partial charge < -0.3 is 5.32 Å². The molecule has 0 bridgehead atoms. The fourth-order valence-electron chi connectivity index (χ4n) is 4.59. The van der Waals surface area contributed by atoms with E-state index in [1.165, 1.54) is 15.4 Å². The van der Waals surface area contributed by atoms with E-state index in [1.54, 1.807) is 0 Å². The molecule has 5 rings (SSSR count). The second-order valence-corrected chi connectivity index (χ2v) is 10.3. The molecule has 2 aromatic carbocycles. The monoisotopic (exact) mass is 396 g/mol. The largest absolute Gasteiger partial charge is 0.351 e. The van der Waals surface area contributed by atoms with E-state index in [-0.39, 0.29) is 17.2 Å². The van der Waals surface area contributed by atoms with Gasteiger partial charge in [0.05, 0.1) is 5.25 Å². The van der Waals surface area contributed by atoms with Crippen LogP contribution in [0, 0.1) is 0 Å². The quantitative estimate of drug-likeness (QED) is 0.863. The number of fused-ring (bicyclic) bond motifs is 2. The first-order valence-corrected chi connectivity index (χ1v) is 11.5. The molecule has 0 spiro atoms. The predicted molar refractivity (Wildman–Crippen MR) is 107 cm³/mol. The number of hydrogen-bond donors (Lipinski definition) is 1. The molecule has 1 fully saturated rings. The van der Waals surface area contributed by atoms with Gasteiger partial charge in [0.2, 0.25) is 15.9 Å². The van der Waals surface area contributed by atoms with Crippen LogP contribution in [0.4, 0.5) is 0 Å². The number of benzene rings is 2. The lowest BCUT2D eigenvalue weighted by atomic mass is 9.93. The van der Waals surface area contributed by atoms with Crippen LogP contribution in [0.2, 0.25) is 0 Å². The summed E-state index contributed by atoms with van der Waals surface area (Å²) in [5.74, 6) is -0.200. The number of carbonyl (C=O) groups is 1. The van der Waals surface area contributed by atoms with Crippen molar-refractivity contribution in [2.75, 3.05) is 6.54 Å². The summed E-state index contributed by atoms with van der Waals surface area (Å²) in [5.41, 5.74) is 4.42. The van der Waals surface area contributed by atoms with Crippen molar-refractivity contribution >= 4 is 15.9 Å². The zero-order chi connectivity index (χ0) is 19.3. The molecule has 146 valence electrons. The zero-order valence-electron chi connectivity index (χ0n) is 15.7. The molecular formula is C22H24N2O3S. The third-order valence-corrected chi connectivity index (χ3v) is 8.52. The molecule has 1 saturated carbocycles. The standard InChI is InChI=1S/C22H24N2O3S/c25-22(23-18-13-16-6-1-2-7-17(16)14-18)21-20-8-4-3-5-15(20)11-12-24(21)28(26,27)19-9-10-19/h1-8,18-19,21H,9-14H2,(H,23,25)/t21-/m0/s1. The Kier molecular flexibility index (Phi) is 4.29. The third-order valence-electron chi connectivity index (χ3n) is 6.16. The second-order valence-electron chi connectivity index (χ2n) is 8.09. The van der Waals surface area contributed by atoms with E-state index in [0.717, 1.165) is 24.0 Å². The Bertz CT molecular complexity index is 1000. The van der Waals surface area contributed by atoms with Gasteiger partial charge in [0.15, 0.2) is 0 Å². The summed E-state index contributed by atoms with van der Waals surface area (Å²) < 4.78 is 27.5. The number of carbonyl (C=O) groups excluding carboxylic acids is 1. The van der Waals surface area contributed by atoms with Gasteiger partial charge in [0.1, 0.15) is 6.04 Å². The van der Waals surface area contributed by atoms with E-state index in [0.29, 0.717) is 25.8 Å². The van der Waals surface area contributed by atoms with Crippen LogP contribution in [0.25, 0.3) is 0 Å². The van der Waals surface area contributed by atoms with Gasteiger partial charge in [-0.25, -0.2) is 8.42 Å². The van der Waals surface area contributed by atoms with Crippen molar-refractivity contribution in [3.8, 4) is 0 Å². The van der Waals surface area contributed by atoms with Crippen LogP contribution in [0.3, 0.4) is 0 Å². The van der Waals surface area contributed by atoms with Crippen molar-refractivity contribution in [1.82, 2.24) is 9.62 Å². The Labute approximate surface area is 165 Å². The minimum Gasteiger partial charge on any atom is -0.351 e. The Balaban J connectivity index is 1.44. The van der Waals surface area contributed by atoms with E-state index in [1.807, 2.05) is 36.4 Å². The maximum absolute atomic E-state index is 13.4. The first-order valence-electron chi connectivity index (χ1n) is 9.99. The number of nitrogens with zero attached hydrogens (tertiary/aromatic N) is 1. The van der Waals surface area contributed by atoms with Crippen LogP contribution in [0.15, 0.2) is 48.5 Å². The highest BCUT2D eigenvalue weighted by Crippen LogP contribution is 2.39. The molecule has 1 amide bonds. The van der Waals surface area contributed by atoms with Crippen LogP contribution < -0.4 is 5.32 Å². The van der Waals surface area contributed by atoms with Gasteiger partial charge >= 0.3 is 0 Å². The first-order chi connectivity index (χ1) is 13.5. The second kappa shape index (κ2) is 6.71. The molecule has 1 heterocycles. The third kappa shape index (κ3) is 3.05. The molecule has 1 N–H and O–H groups in total. The van der Waals surface area contributed by atoms with E-state index >= 15 is 0 Å². The normalized spacial score (nSPS) is 22.5. The van der Waals surface area contributed by atoms with Crippen LogP contribution >= 0.6 is 0 Å². The van der Waals surface area contributed by atoms with Gasteiger partial charge in [-0.3, -0.25) is 4.79 Å². The average molecular weight is 397 g/mol. The highest BCUT2D eigenvalue weighted by molar-refractivity contribution is 7.90. The first kappa shape index (κ1) is 17.9. The molecule has 6 heteroatoms. The maximum atomic E-state index is 13.4. The molecule has 3 aliphatic rings. The Morgan fingerprint density at radius 3 is 2.18 bits per heavy atom. The maximum Gasteiger partial charge on any atom is 0.243 e. The Hall–Kier alpha value is -2.18. The lowest BCUT2D eigenvalue weighted by Gasteiger charge is -2.36. The number of amides is 1. The van der Waals surface area contributed by atoms with Gasteiger partial charge in [-0.15, -0.1) is 0 Å². The van der Waals surface area contributed by atoms with Gasteiger partial charge in [-0.1, -0.05) is 48.5 Å². The number of hydrogen-bond acceptors (Lipinski definition) is 3. The van der Waals surface area contributed by atoms with E-state index < -0.39 is 16.1 Å². The summed E-state index contributed by atoms with van der Waals surface area (Å²) in [6.45, 7) is 0.374. The van der Waals surface area contributed by atoms with Crippen molar-refractivity contribution in [3.63, 3.8) is 0 Å². The van der Waals surface area contributed by atoms with Crippen molar-refractivity contribution in [3.05, 3.63) is 70.8 Å². The summed E-state index contributed by atoms with van der Waals surface area (Å²) in [6, 6.07) is 15.2. The van der Waals surface area contributed by atoms with Crippen molar-refractivity contribution in [1.29, 1.82) is 0 Å². The Morgan fingerprint density at radius 1 is 0.929 bits per heavy atom. The molecule has 2 aromatic rings. The zero-order valence-corrected chi connectivity index (χ0v) is 16.5. The fourth-order valence-corrected chi connectivity index (χ4v) is 6.55. The molecule has 28 heavy (non-hydrogen) atoms. The van der Waals surface area contributed by atoms with Crippen LogP contribution in [0.1, 0.15) is 41.1 Å².